The van der Waals surface area contributed by atoms with Crippen molar-refractivity contribution in [3.05, 3.63) is 27.3 Å². The highest BCUT2D eigenvalue weighted by Gasteiger charge is 2.18. The van der Waals surface area contributed by atoms with Crippen molar-refractivity contribution >= 4 is 40.2 Å². The fourth-order valence-electron chi connectivity index (χ4n) is 2.46. The number of amides is 3. The van der Waals surface area contributed by atoms with Crippen LogP contribution in [0.4, 0.5) is 10.5 Å². The van der Waals surface area contributed by atoms with Crippen LogP contribution in [0.15, 0.2) is 18.2 Å². The van der Waals surface area contributed by atoms with Crippen LogP contribution in [-0.2, 0) is 4.79 Å². The number of carbonyl (C=O) groups is 2. The Balaban J connectivity index is 1.75. The van der Waals surface area contributed by atoms with Gasteiger partial charge in [0.25, 0.3) is 0 Å². The van der Waals surface area contributed by atoms with Crippen LogP contribution >= 0.6 is 22.6 Å². The number of hydrogen-bond donors (Lipinski definition) is 3. The molecule has 114 valence electrons. The number of imide groups is 1. The maximum absolute atomic E-state index is 11.7. The van der Waals surface area contributed by atoms with E-state index in [4.69, 9.17) is 0 Å². The summed E-state index contributed by atoms with van der Waals surface area (Å²) in [4.78, 5) is 23.4. The van der Waals surface area contributed by atoms with Gasteiger partial charge in [-0.3, -0.25) is 10.1 Å². The van der Waals surface area contributed by atoms with E-state index in [-0.39, 0.29) is 18.5 Å². The molecule has 21 heavy (non-hydrogen) atoms. The topological polar surface area (TPSA) is 70.2 Å². The maximum atomic E-state index is 11.7. The highest BCUT2D eigenvalue weighted by Crippen LogP contribution is 2.18. The number of hydrogen-bond acceptors (Lipinski definition) is 3. The van der Waals surface area contributed by atoms with Gasteiger partial charge in [0, 0.05) is 15.3 Å². The molecule has 0 unspecified atom stereocenters. The fraction of sp³-hybridized carbons (Fsp3) is 0.467. The molecule has 0 heterocycles. The lowest BCUT2D eigenvalue weighted by Gasteiger charge is -2.13. The zero-order valence-electron chi connectivity index (χ0n) is 12.0. The van der Waals surface area contributed by atoms with E-state index < -0.39 is 6.03 Å². The summed E-state index contributed by atoms with van der Waals surface area (Å²) < 4.78 is 1.15. The van der Waals surface area contributed by atoms with Gasteiger partial charge in [0.1, 0.15) is 0 Å². The second-order valence-electron chi connectivity index (χ2n) is 5.32. The van der Waals surface area contributed by atoms with Crippen molar-refractivity contribution < 1.29 is 9.59 Å². The molecule has 0 bridgehead atoms. The van der Waals surface area contributed by atoms with Crippen molar-refractivity contribution in [2.75, 3.05) is 11.9 Å². The lowest BCUT2D eigenvalue weighted by molar-refractivity contribution is -0.118. The molecule has 0 aliphatic heterocycles. The number of nitrogens with one attached hydrogen (secondary N) is 3. The molecule has 1 aliphatic carbocycles. The molecule has 0 spiro atoms. The molecule has 0 radical (unpaired) electrons. The van der Waals surface area contributed by atoms with E-state index in [2.05, 4.69) is 38.5 Å². The molecular formula is C15H20IN3O2. The molecule has 1 aliphatic rings. The van der Waals surface area contributed by atoms with E-state index in [0.717, 1.165) is 40.5 Å². The summed E-state index contributed by atoms with van der Waals surface area (Å²) >= 11 is 2.24. The van der Waals surface area contributed by atoms with Gasteiger partial charge in [-0.1, -0.05) is 12.8 Å². The monoisotopic (exact) mass is 401 g/mol. The van der Waals surface area contributed by atoms with Crippen molar-refractivity contribution in [2.24, 2.45) is 0 Å². The van der Waals surface area contributed by atoms with Crippen LogP contribution in [-0.4, -0.2) is 24.5 Å². The van der Waals surface area contributed by atoms with E-state index in [1.54, 1.807) is 0 Å². The Kier molecular flexibility index (Phi) is 5.84. The minimum Gasteiger partial charge on any atom is -0.376 e. The van der Waals surface area contributed by atoms with Crippen LogP contribution in [0.25, 0.3) is 0 Å². The predicted molar refractivity (Wildman–Crippen MR) is 91.3 cm³/mol. The minimum atomic E-state index is -0.395. The summed E-state index contributed by atoms with van der Waals surface area (Å²) in [6.07, 6.45) is 4.29. The van der Waals surface area contributed by atoms with Gasteiger partial charge in [0.15, 0.2) is 0 Å². The number of aryl methyl sites for hydroxylation is 1. The molecule has 0 saturated heterocycles. The average Bonchev–Trinajstić information content (AvgIpc) is 2.90. The third-order valence-electron chi connectivity index (χ3n) is 3.57. The first-order valence-electron chi connectivity index (χ1n) is 7.15. The molecule has 1 fully saturated rings. The summed E-state index contributed by atoms with van der Waals surface area (Å²) in [5.41, 5.74) is 1.98. The van der Waals surface area contributed by atoms with Gasteiger partial charge in [0.05, 0.1) is 6.54 Å². The molecule has 3 N–H and O–H groups in total. The summed E-state index contributed by atoms with van der Waals surface area (Å²) in [7, 11) is 0. The largest absolute Gasteiger partial charge is 0.376 e. The summed E-state index contributed by atoms with van der Waals surface area (Å²) in [5, 5.41) is 8.23. The highest BCUT2D eigenvalue weighted by molar-refractivity contribution is 14.1. The normalized spacial score (nSPS) is 14.8. The van der Waals surface area contributed by atoms with Gasteiger partial charge in [-0.2, -0.15) is 0 Å². The standard InChI is InChI=1S/C15H20IN3O2/c1-10-8-11(16)6-7-13(10)17-9-14(20)19-15(21)18-12-4-2-3-5-12/h6-8,12,17H,2-5,9H2,1H3,(H2,18,19,20,21). The van der Waals surface area contributed by atoms with E-state index in [9.17, 15) is 9.59 Å². The molecule has 1 aromatic rings. The first-order valence-corrected chi connectivity index (χ1v) is 8.23. The van der Waals surface area contributed by atoms with E-state index in [1.165, 1.54) is 0 Å². The van der Waals surface area contributed by atoms with E-state index >= 15 is 0 Å². The number of halogens is 1. The van der Waals surface area contributed by atoms with Crippen LogP contribution in [0.1, 0.15) is 31.2 Å². The molecule has 3 amide bonds. The number of benzene rings is 1. The number of rotatable bonds is 4. The molecule has 1 aromatic carbocycles. The van der Waals surface area contributed by atoms with Crippen molar-refractivity contribution in [3.63, 3.8) is 0 Å². The van der Waals surface area contributed by atoms with Crippen LogP contribution in [0.2, 0.25) is 0 Å². The quantitative estimate of drug-likeness (QED) is 0.680. The van der Waals surface area contributed by atoms with Gasteiger partial charge in [-0.15, -0.1) is 0 Å². The Bertz CT molecular complexity index is 528. The van der Waals surface area contributed by atoms with Crippen molar-refractivity contribution in [1.82, 2.24) is 10.6 Å². The third kappa shape index (κ3) is 5.18. The molecule has 2 rings (SSSR count). The molecular weight excluding hydrogens is 381 g/mol. The molecule has 6 heteroatoms. The van der Waals surface area contributed by atoms with Gasteiger partial charge in [0.2, 0.25) is 5.91 Å². The average molecular weight is 401 g/mol. The maximum Gasteiger partial charge on any atom is 0.321 e. The van der Waals surface area contributed by atoms with Gasteiger partial charge in [-0.25, -0.2) is 4.79 Å². The fourth-order valence-corrected chi connectivity index (χ4v) is 3.11. The Morgan fingerprint density at radius 3 is 2.67 bits per heavy atom. The minimum absolute atomic E-state index is 0.0829. The SMILES string of the molecule is Cc1cc(I)ccc1NCC(=O)NC(=O)NC1CCCC1. The van der Waals surface area contributed by atoms with Crippen LogP contribution in [0.3, 0.4) is 0 Å². The van der Waals surface area contributed by atoms with E-state index in [1.807, 2.05) is 25.1 Å². The Morgan fingerprint density at radius 2 is 2.00 bits per heavy atom. The van der Waals surface area contributed by atoms with Gasteiger partial charge < -0.3 is 10.6 Å². The molecule has 1 saturated carbocycles. The van der Waals surface area contributed by atoms with Crippen molar-refractivity contribution in [2.45, 2.75) is 38.6 Å². The highest BCUT2D eigenvalue weighted by atomic mass is 127. The van der Waals surface area contributed by atoms with E-state index in [0.29, 0.717) is 0 Å². The summed E-state index contributed by atoms with van der Waals surface area (Å²) in [5.74, 6) is -0.330. The second kappa shape index (κ2) is 7.63. The van der Waals surface area contributed by atoms with Crippen LogP contribution in [0, 0.1) is 10.5 Å². The Morgan fingerprint density at radius 1 is 1.29 bits per heavy atom. The first-order chi connectivity index (χ1) is 10.0. The Hall–Kier alpha value is -1.31. The molecule has 0 atom stereocenters. The smallest absolute Gasteiger partial charge is 0.321 e. The number of carbonyl (C=O) groups excluding carboxylic acids is 2. The summed E-state index contributed by atoms with van der Waals surface area (Å²) in [6, 6.07) is 5.76. The van der Waals surface area contributed by atoms with Crippen molar-refractivity contribution in [1.29, 1.82) is 0 Å². The zero-order valence-corrected chi connectivity index (χ0v) is 14.2. The van der Waals surface area contributed by atoms with Crippen molar-refractivity contribution in [3.8, 4) is 0 Å². The van der Waals surface area contributed by atoms with Gasteiger partial charge in [-0.05, 0) is 66.1 Å². The first kappa shape index (κ1) is 16.1. The van der Waals surface area contributed by atoms with Gasteiger partial charge >= 0.3 is 6.03 Å². The van der Waals surface area contributed by atoms with Crippen LogP contribution in [0.5, 0.6) is 0 Å². The molecule has 5 nitrogen and oxygen atoms in total. The summed E-state index contributed by atoms with van der Waals surface area (Å²) in [6.45, 7) is 2.06. The van der Waals surface area contributed by atoms with Crippen LogP contribution < -0.4 is 16.0 Å². The number of anilines is 1. The molecule has 0 aromatic heterocycles. The Labute approximate surface area is 138 Å². The second-order valence-corrected chi connectivity index (χ2v) is 6.56. The number of urea groups is 1. The predicted octanol–water partition coefficient (Wildman–Crippen LogP) is 2.78. The lowest BCUT2D eigenvalue weighted by Crippen LogP contribution is -2.45. The lowest BCUT2D eigenvalue weighted by atomic mass is 10.2. The third-order valence-corrected chi connectivity index (χ3v) is 4.24. The zero-order chi connectivity index (χ0) is 15.2.